The first-order valence-electron chi connectivity index (χ1n) is 6.89. The summed E-state index contributed by atoms with van der Waals surface area (Å²) in [5.41, 5.74) is 0.751. The Bertz CT molecular complexity index is 569. The molecule has 5 nitrogen and oxygen atoms in total. The summed E-state index contributed by atoms with van der Waals surface area (Å²) in [6.45, 7) is 1.17. The minimum Gasteiger partial charge on any atom is -0.496 e. The van der Waals surface area contributed by atoms with Crippen LogP contribution in [0.3, 0.4) is 0 Å². The second-order valence-electron chi connectivity index (χ2n) is 4.76. The number of methoxy groups -OCH3 is 1. The minimum absolute atomic E-state index is 0.0532. The van der Waals surface area contributed by atoms with Gasteiger partial charge in [0.05, 0.1) is 13.2 Å². The lowest BCUT2D eigenvalue weighted by Gasteiger charge is -2.10. The maximum Gasteiger partial charge on any atom is 0.262 e. The highest BCUT2D eigenvalue weighted by Gasteiger charge is 2.17. The van der Waals surface area contributed by atoms with Gasteiger partial charge in [-0.15, -0.1) is 0 Å². The zero-order valence-corrected chi connectivity index (χ0v) is 12.0. The lowest BCUT2D eigenvalue weighted by atomic mass is 10.1. The molecule has 1 saturated heterocycles. The first-order valence-corrected chi connectivity index (χ1v) is 6.89. The molecule has 1 amide bonds. The molecule has 0 radical (unpaired) electrons. The standard InChI is InChI=1S/C16H18N2O3/c1-20-15-7-3-2-5-12(15)9-13(10-17)16(19)18-11-14-6-4-8-21-14/h2-3,5,7,9,14H,4,6,8,11H2,1H3,(H,18,19)/b13-9-/t14-/m0/s1. The van der Waals surface area contributed by atoms with Crippen molar-refractivity contribution >= 4 is 12.0 Å². The summed E-state index contributed by atoms with van der Waals surface area (Å²) in [6, 6.07) is 9.17. The number of nitriles is 1. The van der Waals surface area contributed by atoms with Gasteiger partial charge in [-0.3, -0.25) is 4.79 Å². The van der Waals surface area contributed by atoms with Crippen molar-refractivity contribution in [2.45, 2.75) is 18.9 Å². The molecule has 0 bridgehead atoms. The van der Waals surface area contributed by atoms with Crippen LogP contribution < -0.4 is 10.1 Å². The van der Waals surface area contributed by atoms with Crippen LogP contribution in [-0.2, 0) is 9.53 Å². The van der Waals surface area contributed by atoms with Gasteiger partial charge in [0.1, 0.15) is 17.4 Å². The largest absolute Gasteiger partial charge is 0.496 e. The Hall–Kier alpha value is -2.32. The fourth-order valence-corrected chi connectivity index (χ4v) is 2.20. The van der Waals surface area contributed by atoms with E-state index >= 15 is 0 Å². The molecule has 1 heterocycles. The average molecular weight is 286 g/mol. The molecule has 1 aromatic carbocycles. The number of amides is 1. The number of carbonyl (C=O) groups excluding carboxylic acids is 1. The van der Waals surface area contributed by atoms with E-state index in [1.54, 1.807) is 19.2 Å². The van der Waals surface area contributed by atoms with Crippen LogP contribution in [0.15, 0.2) is 29.8 Å². The summed E-state index contributed by atoms with van der Waals surface area (Å²) < 4.78 is 10.6. The molecule has 1 aliphatic rings. The summed E-state index contributed by atoms with van der Waals surface area (Å²) in [4.78, 5) is 12.0. The maximum absolute atomic E-state index is 12.0. The van der Waals surface area contributed by atoms with Crippen molar-refractivity contribution in [1.29, 1.82) is 5.26 Å². The summed E-state index contributed by atoms with van der Waals surface area (Å²) in [5.74, 6) is 0.232. The van der Waals surface area contributed by atoms with E-state index in [-0.39, 0.29) is 17.6 Å². The van der Waals surface area contributed by atoms with Crippen LogP contribution in [0.4, 0.5) is 0 Å². The Labute approximate surface area is 124 Å². The van der Waals surface area contributed by atoms with Gasteiger partial charge in [-0.2, -0.15) is 5.26 Å². The van der Waals surface area contributed by atoms with Crippen molar-refractivity contribution in [2.24, 2.45) is 0 Å². The van der Waals surface area contributed by atoms with Crippen LogP contribution in [0, 0.1) is 11.3 Å². The third-order valence-corrected chi connectivity index (χ3v) is 3.32. The number of carbonyl (C=O) groups is 1. The second-order valence-corrected chi connectivity index (χ2v) is 4.76. The van der Waals surface area contributed by atoms with Gasteiger partial charge in [0.15, 0.2) is 0 Å². The quantitative estimate of drug-likeness (QED) is 0.663. The molecule has 21 heavy (non-hydrogen) atoms. The molecule has 1 aromatic rings. The van der Waals surface area contributed by atoms with Gasteiger partial charge in [-0.25, -0.2) is 0 Å². The zero-order chi connectivity index (χ0) is 15.1. The van der Waals surface area contributed by atoms with Crippen molar-refractivity contribution in [1.82, 2.24) is 5.32 Å². The third-order valence-electron chi connectivity index (χ3n) is 3.32. The van der Waals surface area contributed by atoms with E-state index in [0.717, 1.165) is 19.4 Å². The van der Waals surface area contributed by atoms with Gasteiger partial charge in [0.25, 0.3) is 5.91 Å². The topological polar surface area (TPSA) is 71.3 Å². The summed E-state index contributed by atoms with van der Waals surface area (Å²) in [6.07, 6.45) is 3.55. The average Bonchev–Trinajstić information content (AvgIpc) is 3.04. The highest BCUT2D eigenvalue weighted by molar-refractivity contribution is 6.01. The first kappa shape index (κ1) is 15.1. The highest BCUT2D eigenvalue weighted by Crippen LogP contribution is 2.20. The van der Waals surface area contributed by atoms with Crippen LogP contribution in [0.1, 0.15) is 18.4 Å². The molecule has 0 unspecified atom stereocenters. The van der Waals surface area contributed by atoms with Crippen molar-refractivity contribution in [3.8, 4) is 11.8 Å². The number of nitrogens with one attached hydrogen (secondary N) is 1. The maximum atomic E-state index is 12.0. The number of hydrogen-bond acceptors (Lipinski definition) is 4. The first-order chi connectivity index (χ1) is 10.2. The predicted octanol–water partition coefficient (Wildman–Crippen LogP) is 1.90. The number of hydrogen-bond donors (Lipinski definition) is 1. The van der Waals surface area contributed by atoms with Crippen molar-refractivity contribution in [3.63, 3.8) is 0 Å². The lowest BCUT2D eigenvalue weighted by molar-refractivity contribution is -0.117. The summed E-state index contributed by atoms with van der Waals surface area (Å²) in [5, 5.41) is 11.9. The fourth-order valence-electron chi connectivity index (χ4n) is 2.20. The number of rotatable bonds is 5. The van der Waals surface area contributed by atoms with E-state index in [2.05, 4.69) is 5.32 Å². The van der Waals surface area contributed by atoms with Crippen molar-refractivity contribution in [2.75, 3.05) is 20.3 Å². The predicted molar refractivity (Wildman–Crippen MR) is 78.6 cm³/mol. The van der Waals surface area contributed by atoms with Crippen LogP contribution in [0.25, 0.3) is 6.08 Å². The van der Waals surface area contributed by atoms with E-state index in [0.29, 0.717) is 17.9 Å². The molecule has 0 aromatic heterocycles. The monoisotopic (exact) mass is 286 g/mol. The van der Waals surface area contributed by atoms with Gasteiger partial charge in [0, 0.05) is 18.7 Å². The molecule has 0 spiro atoms. The van der Waals surface area contributed by atoms with Crippen LogP contribution >= 0.6 is 0 Å². The van der Waals surface area contributed by atoms with Crippen molar-refractivity contribution in [3.05, 3.63) is 35.4 Å². The summed E-state index contributed by atoms with van der Waals surface area (Å²) >= 11 is 0. The molecular formula is C16H18N2O3. The molecule has 1 atom stereocenters. The van der Waals surface area contributed by atoms with Gasteiger partial charge in [0.2, 0.25) is 0 Å². The zero-order valence-electron chi connectivity index (χ0n) is 12.0. The minimum atomic E-state index is -0.390. The Balaban J connectivity index is 2.05. The highest BCUT2D eigenvalue weighted by atomic mass is 16.5. The lowest BCUT2D eigenvalue weighted by Crippen LogP contribution is -2.32. The molecule has 1 fully saturated rings. The smallest absolute Gasteiger partial charge is 0.262 e. The second kappa shape index (κ2) is 7.46. The van der Waals surface area contributed by atoms with Crippen molar-refractivity contribution < 1.29 is 14.3 Å². The molecule has 1 N–H and O–H groups in total. The number of para-hydroxylation sites is 1. The summed E-state index contributed by atoms with van der Waals surface area (Å²) in [7, 11) is 1.55. The van der Waals surface area contributed by atoms with E-state index in [9.17, 15) is 4.79 Å². The van der Waals surface area contributed by atoms with Gasteiger partial charge < -0.3 is 14.8 Å². The Morgan fingerprint density at radius 3 is 3.05 bits per heavy atom. The Morgan fingerprint density at radius 1 is 1.57 bits per heavy atom. The van der Waals surface area contributed by atoms with Crippen LogP contribution in [0.2, 0.25) is 0 Å². The molecule has 110 valence electrons. The third kappa shape index (κ3) is 4.07. The molecular weight excluding hydrogens is 268 g/mol. The van der Waals surface area contributed by atoms with Gasteiger partial charge >= 0.3 is 0 Å². The van der Waals surface area contributed by atoms with Gasteiger partial charge in [-0.05, 0) is 25.0 Å². The molecule has 2 rings (SSSR count). The van der Waals surface area contributed by atoms with Crippen LogP contribution in [0.5, 0.6) is 5.75 Å². The Kier molecular flexibility index (Phi) is 5.35. The molecule has 0 aliphatic carbocycles. The van der Waals surface area contributed by atoms with Gasteiger partial charge in [-0.1, -0.05) is 18.2 Å². The SMILES string of the molecule is COc1ccccc1/C=C(/C#N)C(=O)NC[C@@H]1CCCO1. The normalized spacial score (nSPS) is 18.1. The van der Waals surface area contributed by atoms with E-state index < -0.39 is 0 Å². The van der Waals surface area contributed by atoms with E-state index in [4.69, 9.17) is 14.7 Å². The van der Waals surface area contributed by atoms with E-state index in [1.165, 1.54) is 6.08 Å². The van der Waals surface area contributed by atoms with E-state index in [1.807, 2.05) is 18.2 Å². The fraction of sp³-hybridized carbons (Fsp3) is 0.375. The number of ether oxygens (including phenoxy) is 2. The molecule has 1 aliphatic heterocycles. The number of benzene rings is 1. The van der Waals surface area contributed by atoms with Crippen LogP contribution in [-0.4, -0.2) is 32.3 Å². The Morgan fingerprint density at radius 2 is 2.38 bits per heavy atom. The number of nitrogens with zero attached hydrogens (tertiary/aromatic N) is 1. The molecule has 5 heteroatoms. The molecule has 0 saturated carbocycles.